The largest absolute Gasteiger partial charge is 0.497 e. The topological polar surface area (TPSA) is 59.6 Å². The van der Waals surface area contributed by atoms with Gasteiger partial charge in [-0.2, -0.15) is 0 Å². The number of hydrogen-bond donors (Lipinski definition) is 2. The van der Waals surface area contributed by atoms with Crippen LogP contribution < -0.4 is 20.1 Å². The first kappa shape index (κ1) is 16.0. The molecule has 0 fully saturated rings. The summed E-state index contributed by atoms with van der Waals surface area (Å²) in [4.78, 5) is 11.7. The Morgan fingerprint density at radius 3 is 2.68 bits per heavy atom. The molecule has 0 spiro atoms. The standard InChI is InChI=1S/C16H17ClN2O3/c1-21-14-6-3-5-13(11-14)19-16(20)18-8-9-22-15-7-2-4-12(17)10-15/h2-7,10-11H,8-9H2,1H3,(H2,18,19,20). The minimum Gasteiger partial charge on any atom is -0.497 e. The van der Waals surface area contributed by atoms with E-state index >= 15 is 0 Å². The second kappa shape index (κ2) is 8.14. The smallest absolute Gasteiger partial charge is 0.319 e. The molecule has 2 aromatic rings. The number of ether oxygens (including phenoxy) is 2. The number of amides is 2. The summed E-state index contributed by atoms with van der Waals surface area (Å²) in [6, 6.07) is 13.9. The number of anilines is 1. The van der Waals surface area contributed by atoms with Crippen LogP contribution >= 0.6 is 11.6 Å². The Balaban J connectivity index is 1.71. The zero-order valence-corrected chi connectivity index (χ0v) is 12.9. The fourth-order valence-electron chi connectivity index (χ4n) is 1.77. The molecule has 2 N–H and O–H groups in total. The molecule has 0 aromatic heterocycles. The van der Waals surface area contributed by atoms with Crippen LogP contribution in [0.1, 0.15) is 0 Å². The summed E-state index contributed by atoms with van der Waals surface area (Å²) in [5.41, 5.74) is 0.660. The Bertz CT molecular complexity index is 634. The van der Waals surface area contributed by atoms with E-state index in [2.05, 4.69) is 10.6 Å². The molecule has 0 aliphatic heterocycles. The summed E-state index contributed by atoms with van der Waals surface area (Å²) < 4.78 is 10.6. The van der Waals surface area contributed by atoms with Crippen LogP contribution in [0.15, 0.2) is 48.5 Å². The highest BCUT2D eigenvalue weighted by molar-refractivity contribution is 6.30. The van der Waals surface area contributed by atoms with E-state index in [1.807, 2.05) is 12.1 Å². The Morgan fingerprint density at radius 1 is 1.14 bits per heavy atom. The van der Waals surface area contributed by atoms with Gasteiger partial charge in [0.15, 0.2) is 0 Å². The Morgan fingerprint density at radius 2 is 1.91 bits per heavy atom. The van der Waals surface area contributed by atoms with Gasteiger partial charge in [-0.05, 0) is 30.3 Å². The van der Waals surface area contributed by atoms with Crippen LogP contribution in [0, 0.1) is 0 Å². The highest BCUT2D eigenvalue weighted by Gasteiger charge is 2.02. The van der Waals surface area contributed by atoms with Crippen molar-refractivity contribution in [2.45, 2.75) is 0 Å². The third kappa shape index (κ3) is 5.18. The number of methoxy groups -OCH3 is 1. The van der Waals surface area contributed by atoms with E-state index in [1.165, 1.54) is 0 Å². The molecule has 2 aromatic carbocycles. The van der Waals surface area contributed by atoms with Gasteiger partial charge in [-0.3, -0.25) is 0 Å². The number of benzene rings is 2. The molecule has 0 aliphatic rings. The summed E-state index contributed by atoms with van der Waals surface area (Å²) in [6.45, 7) is 0.730. The molecule has 0 bridgehead atoms. The van der Waals surface area contributed by atoms with Crippen molar-refractivity contribution in [1.82, 2.24) is 5.32 Å². The lowest BCUT2D eigenvalue weighted by Gasteiger charge is -2.10. The molecule has 0 saturated heterocycles. The SMILES string of the molecule is COc1cccc(NC(=O)NCCOc2cccc(Cl)c2)c1. The molecule has 0 unspecified atom stereocenters. The van der Waals surface area contributed by atoms with Crippen LogP contribution in [0.25, 0.3) is 0 Å². The minimum atomic E-state index is -0.303. The predicted molar refractivity (Wildman–Crippen MR) is 87.0 cm³/mol. The van der Waals surface area contributed by atoms with Crippen molar-refractivity contribution in [1.29, 1.82) is 0 Å². The second-order valence-corrected chi connectivity index (χ2v) is 4.86. The molecule has 0 radical (unpaired) electrons. The second-order valence-electron chi connectivity index (χ2n) is 4.42. The van der Waals surface area contributed by atoms with Crippen LogP contribution in [0.2, 0.25) is 5.02 Å². The van der Waals surface area contributed by atoms with Crippen molar-refractivity contribution in [2.75, 3.05) is 25.6 Å². The van der Waals surface area contributed by atoms with E-state index in [9.17, 15) is 4.79 Å². The summed E-state index contributed by atoms with van der Waals surface area (Å²) in [5.74, 6) is 1.35. The van der Waals surface area contributed by atoms with Gasteiger partial charge in [0.05, 0.1) is 13.7 Å². The van der Waals surface area contributed by atoms with Gasteiger partial charge in [-0.25, -0.2) is 4.79 Å². The first-order valence-corrected chi connectivity index (χ1v) is 7.12. The van der Waals surface area contributed by atoms with Gasteiger partial charge in [-0.15, -0.1) is 0 Å². The maximum Gasteiger partial charge on any atom is 0.319 e. The number of rotatable bonds is 6. The van der Waals surface area contributed by atoms with E-state index < -0.39 is 0 Å². The Labute approximate surface area is 134 Å². The van der Waals surface area contributed by atoms with Crippen molar-refractivity contribution in [3.05, 3.63) is 53.6 Å². The van der Waals surface area contributed by atoms with Gasteiger partial charge >= 0.3 is 6.03 Å². The Kier molecular flexibility index (Phi) is 5.91. The van der Waals surface area contributed by atoms with E-state index in [0.29, 0.717) is 35.4 Å². The van der Waals surface area contributed by atoms with Crippen LogP contribution in [0.3, 0.4) is 0 Å². The number of carbonyl (C=O) groups is 1. The molecule has 2 rings (SSSR count). The van der Waals surface area contributed by atoms with Crippen LogP contribution in [-0.2, 0) is 0 Å². The number of nitrogens with one attached hydrogen (secondary N) is 2. The molecular weight excluding hydrogens is 304 g/mol. The highest BCUT2D eigenvalue weighted by atomic mass is 35.5. The van der Waals surface area contributed by atoms with Crippen molar-refractivity contribution >= 4 is 23.3 Å². The summed E-state index contributed by atoms with van der Waals surface area (Å²) in [5, 5.41) is 6.03. The molecule has 2 amide bonds. The maximum absolute atomic E-state index is 11.7. The first-order chi connectivity index (χ1) is 10.7. The van der Waals surface area contributed by atoms with Crippen molar-refractivity contribution in [3.63, 3.8) is 0 Å². The van der Waals surface area contributed by atoms with E-state index in [-0.39, 0.29) is 6.03 Å². The number of halogens is 1. The lowest BCUT2D eigenvalue weighted by molar-refractivity contribution is 0.247. The molecule has 0 aliphatic carbocycles. The first-order valence-electron chi connectivity index (χ1n) is 6.74. The third-order valence-corrected chi connectivity index (χ3v) is 3.02. The lowest BCUT2D eigenvalue weighted by Crippen LogP contribution is -2.32. The van der Waals surface area contributed by atoms with Crippen LogP contribution in [0.5, 0.6) is 11.5 Å². The number of hydrogen-bond acceptors (Lipinski definition) is 3. The fourth-order valence-corrected chi connectivity index (χ4v) is 1.95. The van der Waals surface area contributed by atoms with Crippen molar-refractivity contribution in [2.24, 2.45) is 0 Å². The molecule has 5 nitrogen and oxygen atoms in total. The van der Waals surface area contributed by atoms with Crippen LogP contribution in [0.4, 0.5) is 10.5 Å². The average molecular weight is 321 g/mol. The zero-order valence-electron chi connectivity index (χ0n) is 12.1. The van der Waals surface area contributed by atoms with Gasteiger partial charge in [0.2, 0.25) is 0 Å². The van der Waals surface area contributed by atoms with E-state index in [4.69, 9.17) is 21.1 Å². The zero-order chi connectivity index (χ0) is 15.8. The van der Waals surface area contributed by atoms with Crippen molar-refractivity contribution in [3.8, 4) is 11.5 Å². The fraction of sp³-hybridized carbons (Fsp3) is 0.188. The molecule has 0 atom stereocenters. The summed E-state index contributed by atoms with van der Waals surface area (Å²) >= 11 is 5.85. The normalized spacial score (nSPS) is 9.91. The number of carbonyl (C=O) groups excluding carboxylic acids is 1. The van der Waals surface area contributed by atoms with Gasteiger partial charge < -0.3 is 20.1 Å². The van der Waals surface area contributed by atoms with Crippen molar-refractivity contribution < 1.29 is 14.3 Å². The molecule has 0 heterocycles. The minimum absolute atomic E-state index is 0.303. The number of urea groups is 1. The lowest BCUT2D eigenvalue weighted by atomic mass is 10.3. The summed E-state index contributed by atoms with van der Waals surface area (Å²) in [7, 11) is 1.58. The average Bonchev–Trinajstić information content (AvgIpc) is 2.52. The quantitative estimate of drug-likeness (QED) is 0.800. The van der Waals surface area contributed by atoms with E-state index in [0.717, 1.165) is 0 Å². The van der Waals surface area contributed by atoms with Gasteiger partial charge in [-0.1, -0.05) is 23.7 Å². The molecule has 116 valence electrons. The maximum atomic E-state index is 11.7. The molecule has 6 heteroatoms. The van der Waals surface area contributed by atoms with Gasteiger partial charge in [0.1, 0.15) is 18.1 Å². The molecular formula is C16H17ClN2O3. The van der Waals surface area contributed by atoms with Gasteiger partial charge in [0, 0.05) is 16.8 Å². The Hall–Kier alpha value is -2.40. The highest BCUT2D eigenvalue weighted by Crippen LogP contribution is 2.17. The third-order valence-electron chi connectivity index (χ3n) is 2.78. The van der Waals surface area contributed by atoms with Crippen LogP contribution in [-0.4, -0.2) is 26.3 Å². The molecule has 0 saturated carbocycles. The molecule has 22 heavy (non-hydrogen) atoms. The monoisotopic (exact) mass is 320 g/mol. The predicted octanol–water partition coefficient (Wildman–Crippen LogP) is 3.55. The summed E-state index contributed by atoms with van der Waals surface area (Å²) in [6.07, 6.45) is 0. The van der Waals surface area contributed by atoms with E-state index in [1.54, 1.807) is 43.5 Å². The van der Waals surface area contributed by atoms with Gasteiger partial charge in [0.25, 0.3) is 0 Å².